The number of aromatic nitrogens is 2. The molecule has 0 aliphatic heterocycles. The van der Waals surface area contributed by atoms with E-state index < -0.39 is 0 Å². The first-order chi connectivity index (χ1) is 6.13. The van der Waals surface area contributed by atoms with Crippen LogP contribution in [-0.4, -0.2) is 22.1 Å². The number of anilines is 1. The minimum absolute atomic E-state index is 0.164. The van der Waals surface area contributed by atoms with Crippen LogP contribution in [0, 0.1) is 0 Å². The van der Waals surface area contributed by atoms with Crippen LogP contribution in [0.5, 0.6) is 0 Å². The Kier molecular flexibility index (Phi) is 2.89. The van der Waals surface area contributed by atoms with E-state index in [2.05, 4.69) is 15.5 Å². The van der Waals surface area contributed by atoms with Crippen molar-refractivity contribution in [3.63, 3.8) is 0 Å². The van der Waals surface area contributed by atoms with E-state index in [0.717, 1.165) is 6.42 Å². The Morgan fingerprint density at radius 3 is 3.00 bits per heavy atom. The van der Waals surface area contributed by atoms with Gasteiger partial charge >= 0.3 is 0 Å². The maximum atomic E-state index is 11.4. The average molecular weight is 182 g/mol. The van der Waals surface area contributed by atoms with E-state index in [-0.39, 0.29) is 11.9 Å². The number of carbonyl (C=O) groups excluding carboxylic acids is 1. The second-order valence-corrected chi connectivity index (χ2v) is 2.99. The van der Waals surface area contributed by atoms with Crippen LogP contribution in [0.2, 0.25) is 0 Å². The molecule has 1 aromatic heterocycles. The van der Waals surface area contributed by atoms with Crippen molar-refractivity contribution < 1.29 is 4.79 Å². The van der Waals surface area contributed by atoms with Crippen LogP contribution in [0.3, 0.4) is 0 Å². The molecule has 0 saturated carbocycles. The molecule has 0 aliphatic rings. The summed E-state index contributed by atoms with van der Waals surface area (Å²) in [5.41, 5.74) is 5.76. The number of rotatable bonds is 3. The molecule has 1 rings (SSSR count). The van der Waals surface area contributed by atoms with E-state index in [0.29, 0.717) is 11.5 Å². The summed E-state index contributed by atoms with van der Waals surface area (Å²) in [7, 11) is 0. The summed E-state index contributed by atoms with van der Waals surface area (Å²) in [4.78, 5) is 11.4. The van der Waals surface area contributed by atoms with Crippen LogP contribution in [-0.2, 0) is 0 Å². The number of hydrogen-bond acceptors (Lipinski definition) is 3. The van der Waals surface area contributed by atoms with Gasteiger partial charge in [-0.15, -0.1) is 0 Å². The summed E-state index contributed by atoms with van der Waals surface area (Å²) in [5, 5.41) is 9.00. The van der Waals surface area contributed by atoms with Crippen LogP contribution in [0.25, 0.3) is 0 Å². The number of nitrogens with two attached hydrogens (primary N) is 1. The van der Waals surface area contributed by atoms with E-state index in [1.165, 1.54) is 6.07 Å². The van der Waals surface area contributed by atoms with Gasteiger partial charge in [-0.2, -0.15) is 5.10 Å². The first kappa shape index (κ1) is 9.57. The Labute approximate surface area is 76.7 Å². The van der Waals surface area contributed by atoms with Gasteiger partial charge in [-0.25, -0.2) is 0 Å². The molecule has 4 N–H and O–H groups in total. The molecule has 13 heavy (non-hydrogen) atoms. The number of nitrogens with one attached hydrogen (secondary N) is 2. The molecule has 1 amide bonds. The fraction of sp³-hybridized carbons (Fsp3) is 0.500. The summed E-state index contributed by atoms with van der Waals surface area (Å²) < 4.78 is 0. The standard InChI is InChI=1S/C8H14N4O/c1-3-5(2)10-8(13)6-4-7(9)12-11-6/h4-5H,3H2,1-2H3,(H,10,13)(H3,9,11,12). The summed E-state index contributed by atoms with van der Waals surface area (Å²) in [6.45, 7) is 3.95. The number of nitrogen functional groups attached to an aromatic ring is 1. The maximum absolute atomic E-state index is 11.4. The lowest BCUT2D eigenvalue weighted by molar-refractivity contribution is 0.0934. The van der Waals surface area contributed by atoms with Crippen LogP contribution in [0.4, 0.5) is 5.82 Å². The van der Waals surface area contributed by atoms with Crippen molar-refractivity contribution in [1.82, 2.24) is 15.5 Å². The van der Waals surface area contributed by atoms with Crippen LogP contribution in [0.1, 0.15) is 30.8 Å². The highest BCUT2D eigenvalue weighted by molar-refractivity contribution is 5.93. The Morgan fingerprint density at radius 1 is 1.85 bits per heavy atom. The Balaban J connectivity index is 2.58. The van der Waals surface area contributed by atoms with Crippen molar-refractivity contribution in [1.29, 1.82) is 0 Å². The first-order valence-corrected chi connectivity index (χ1v) is 4.25. The van der Waals surface area contributed by atoms with Crippen molar-refractivity contribution >= 4 is 11.7 Å². The van der Waals surface area contributed by atoms with Crippen molar-refractivity contribution in [2.75, 3.05) is 5.73 Å². The van der Waals surface area contributed by atoms with Gasteiger partial charge in [0.05, 0.1) is 0 Å². The third-order valence-corrected chi connectivity index (χ3v) is 1.83. The fourth-order valence-corrected chi connectivity index (χ4v) is 0.857. The molecular formula is C8H14N4O. The van der Waals surface area contributed by atoms with Gasteiger partial charge in [0.2, 0.25) is 0 Å². The van der Waals surface area contributed by atoms with Gasteiger partial charge in [0, 0.05) is 12.1 Å². The Hall–Kier alpha value is -1.52. The van der Waals surface area contributed by atoms with Crippen molar-refractivity contribution in [2.24, 2.45) is 0 Å². The van der Waals surface area contributed by atoms with E-state index in [4.69, 9.17) is 5.73 Å². The first-order valence-electron chi connectivity index (χ1n) is 4.25. The molecule has 72 valence electrons. The molecule has 5 heteroatoms. The normalized spacial score (nSPS) is 12.5. The van der Waals surface area contributed by atoms with Gasteiger partial charge in [0.15, 0.2) is 0 Å². The minimum atomic E-state index is -0.168. The number of hydrogen-bond donors (Lipinski definition) is 3. The van der Waals surface area contributed by atoms with Gasteiger partial charge < -0.3 is 11.1 Å². The zero-order valence-electron chi connectivity index (χ0n) is 7.79. The molecule has 0 radical (unpaired) electrons. The van der Waals surface area contributed by atoms with Gasteiger partial charge in [-0.1, -0.05) is 6.92 Å². The van der Waals surface area contributed by atoms with Gasteiger partial charge in [-0.05, 0) is 13.3 Å². The highest BCUT2D eigenvalue weighted by Crippen LogP contribution is 2.00. The molecule has 0 bridgehead atoms. The zero-order chi connectivity index (χ0) is 9.84. The molecule has 0 fully saturated rings. The molecule has 0 saturated heterocycles. The lowest BCUT2D eigenvalue weighted by Gasteiger charge is -2.09. The van der Waals surface area contributed by atoms with E-state index >= 15 is 0 Å². The van der Waals surface area contributed by atoms with Crippen LogP contribution in [0.15, 0.2) is 6.07 Å². The zero-order valence-corrected chi connectivity index (χ0v) is 7.79. The predicted octanol–water partition coefficient (Wildman–Crippen LogP) is 0.520. The SMILES string of the molecule is CCC(C)NC(=O)c1cc(N)n[nH]1. The molecule has 0 aromatic carbocycles. The van der Waals surface area contributed by atoms with Gasteiger partial charge in [0.1, 0.15) is 11.5 Å². The van der Waals surface area contributed by atoms with Crippen LogP contribution < -0.4 is 11.1 Å². The largest absolute Gasteiger partial charge is 0.382 e. The molecule has 0 spiro atoms. The molecule has 5 nitrogen and oxygen atoms in total. The van der Waals surface area contributed by atoms with Crippen molar-refractivity contribution in [3.8, 4) is 0 Å². The molecule has 1 atom stereocenters. The molecule has 1 aromatic rings. The Morgan fingerprint density at radius 2 is 2.54 bits per heavy atom. The van der Waals surface area contributed by atoms with Crippen molar-refractivity contribution in [2.45, 2.75) is 26.3 Å². The van der Waals surface area contributed by atoms with Gasteiger partial charge in [-0.3, -0.25) is 9.89 Å². The number of nitrogens with zero attached hydrogens (tertiary/aromatic N) is 1. The third-order valence-electron chi connectivity index (χ3n) is 1.83. The highest BCUT2D eigenvalue weighted by Gasteiger charge is 2.10. The number of amides is 1. The minimum Gasteiger partial charge on any atom is -0.382 e. The number of carbonyl (C=O) groups is 1. The smallest absolute Gasteiger partial charge is 0.269 e. The predicted molar refractivity (Wildman–Crippen MR) is 50.2 cm³/mol. The molecule has 1 unspecified atom stereocenters. The summed E-state index contributed by atoms with van der Waals surface area (Å²) in [6.07, 6.45) is 0.898. The monoisotopic (exact) mass is 182 g/mol. The van der Waals surface area contributed by atoms with Crippen LogP contribution >= 0.6 is 0 Å². The lowest BCUT2D eigenvalue weighted by atomic mass is 10.2. The van der Waals surface area contributed by atoms with E-state index in [9.17, 15) is 4.79 Å². The number of H-pyrrole nitrogens is 1. The third kappa shape index (κ3) is 2.47. The summed E-state index contributed by atoms with van der Waals surface area (Å²) >= 11 is 0. The summed E-state index contributed by atoms with van der Waals surface area (Å²) in [6, 6.07) is 1.68. The van der Waals surface area contributed by atoms with Gasteiger partial charge in [0.25, 0.3) is 5.91 Å². The maximum Gasteiger partial charge on any atom is 0.269 e. The highest BCUT2D eigenvalue weighted by atomic mass is 16.2. The van der Waals surface area contributed by atoms with Crippen molar-refractivity contribution in [3.05, 3.63) is 11.8 Å². The topological polar surface area (TPSA) is 83.8 Å². The number of aromatic amines is 1. The molecular weight excluding hydrogens is 168 g/mol. The van der Waals surface area contributed by atoms with E-state index in [1.54, 1.807) is 0 Å². The lowest BCUT2D eigenvalue weighted by Crippen LogP contribution is -2.32. The summed E-state index contributed by atoms with van der Waals surface area (Å²) in [5.74, 6) is 0.160. The second-order valence-electron chi connectivity index (χ2n) is 2.99. The second kappa shape index (κ2) is 3.93. The van der Waals surface area contributed by atoms with E-state index in [1.807, 2.05) is 13.8 Å². The molecule has 0 aliphatic carbocycles. The fourth-order valence-electron chi connectivity index (χ4n) is 0.857. The quantitative estimate of drug-likeness (QED) is 0.637. The average Bonchev–Trinajstić information content (AvgIpc) is 2.51. The molecule has 1 heterocycles. The Bertz CT molecular complexity index is 294.